The Bertz CT molecular complexity index is 540. The van der Waals surface area contributed by atoms with Gasteiger partial charge in [0.25, 0.3) is 5.76 Å². The summed E-state index contributed by atoms with van der Waals surface area (Å²) in [5.74, 6) is 1.00. The molecule has 1 heterocycles. The molecule has 0 radical (unpaired) electrons. The normalized spacial score (nSPS) is 16.9. The van der Waals surface area contributed by atoms with Crippen LogP contribution in [0.2, 0.25) is 0 Å². The van der Waals surface area contributed by atoms with Crippen LogP contribution in [0.25, 0.3) is 0 Å². The van der Waals surface area contributed by atoms with Gasteiger partial charge in [-0.15, -0.1) is 0 Å². The summed E-state index contributed by atoms with van der Waals surface area (Å²) in [4.78, 5) is 0. The van der Waals surface area contributed by atoms with Crippen molar-refractivity contribution in [2.24, 2.45) is 0 Å². The molecule has 1 aliphatic carbocycles. The van der Waals surface area contributed by atoms with Crippen LogP contribution in [0, 0.1) is 6.08 Å². The second-order valence-electron chi connectivity index (χ2n) is 3.84. The lowest BCUT2D eigenvalue weighted by Crippen LogP contribution is -2.03. The molecule has 0 aromatic heterocycles. The molecule has 0 bridgehead atoms. The molecule has 1 aliphatic heterocycles. The summed E-state index contributed by atoms with van der Waals surface area (Å²) in [5.41, 5.74) is 1.02. The van der Waals surface area contributed by atoms with E-state index >= 15 is 0 Å². The fourth-order valence-electron chi connectivity index (χ4n) is 1.72. The number of hydrogen-bond acceptors (Lipinski definition) is 4. The maximum atomic E-state index is 9.94. The predicted molar refractivity (Wildman–Crippen MR) is 62.8 cm³/mol. The highest BCUT2D eigenvalue weighted by Crippen LogP contribution is 2.29. The third-order valence-corrected chi connectivity index (χ3v) is 2.63. The van der Waals surface area contributed by atoms with Crippen LogP contribution >= 0.6 is 0 Å². The predicted octanol–water partition coefficient (Wildman–Crippen LogP) is 2.56. The first-order chi connectivity index (χ1) is 8.84. The molecule has 1 N–H and O–H groups in total. The van der Waals surface area contributed by atoms with E-state index in [0.29, 0.717) is 23.9 Å². The Morgan fingerprint density at radius 1 is 1.22 bits per heavy atom. The number of allylic oxidation sites excluding steroid dienone is 2. The average Bonchev–Trinajstić information content (AvgIpc) is 2.88. The second-order valence-corrected chi connectivity index (χ2v) is 3.84. The lowest BCUT2D eigenvalue weighted by molar-refractivity contribution is 0.0703. The Hall–Kier alpha value is -2.45. The third kappa shape index (κ3) is 1.90. The molecule has 0 saturated carbocycles. The number of ether oxygens (including phenoxy) is 3. The van der Waals surface area contributed by atoms with Crippen molar-refractivity contribution in [2.45, 2.75) is 6.61 Å². The lowest BCUT2D eigenvalue weighted by Gasteiger charge is -2.04. The Balaban J connectivity index is 1.74. The Morgan fingerprint density at radius 2 is 2.06 bits per heavy atom. The maximum absolute atomic E-state index is 9.94. The van der Waals surface area contributed by atoms with Gasteiger partial charge in [-0.2, -0.15) is 0 Å². The number of benzene rings is 1. The lowest BCUT2D eigenvalue weighted by atomic mass is 10.2. The molecule has 2 aliphatic rings. The van der Waals surface area contributed by atoms with Gasteiger partial charge in [-0.25, -0.2) is 0 Å². The van der Waals surface area contributed by atoms with Crippen molar-refractivity contribution in [1.29, 1.82) is 0 Å². The molecule has 90 valence electrons. The highest BCUT2D eigenvalue weighted by molar-refractivity contribution is 5.39. The number of aliphatic hydroxyl groups excluding tert-OH is 1. The number of hydrogen-bond donors (Lipinski definition) is 1. The van der Waals surface area contributed by atoms with Gasteiger partial charge in [-0.05, 0) is 5.56 Å². The highest BCUT2D eigenvalue weighted by atomic mass is 16.7. The fourth-order valence-corrected chi connectivity index (χ4v) is 1.72. The van der Waals surface area contributed by atoms with Crippen LogP contribution in [0.5, 0.6) is 0 Å². The van der Waals surface area contributed by atoms with Crippen molar-refractivity contribution < 1.29 is 19.3 Å². The average molecular weight is 243 g/mol. The van der Waals surface area contributed by atoms with Gasteiger partial charge in [0.1, 0.15) is 6.61 Å². The van der Waals surface area contributed by atoms with Crippen LogP contribution in [0.3, 0.4) is 0 Å². The zero-order valence-electron chi connectivity index (χ0n) is 9.55. The van der Waals surface area contributed by atoms with Crippen LogP contribution in [-0.2, 0) is 20.8 Å². The van der Waals surface area contributed by atoms with Gasteiger partial charge in [-0.1, -0.05) is 30.3 Å². The molecule has 0 unspecified atom stereocenters. The van der Waals surface area contributed by atoms with Gasteiger partial charge in [0, 0.05) is 0 Å². The molecule has 3 rings (SSSR count). The first kappa shape index (κ1) is 10.7. The van der Waals surface area contributed by atoms with E-state index in [-0.39, 0.29) is 12.6 Å². The minimum Gasteiger partial charge on any atom is -0.482 e. The Labute approximate surface area is 104 Å². The van der Waals surface area contributed by atoms with E-state index in [1.807, 2.05) is 30.3 Å². The minimum atomic E-state index is -0.0443. The van der Waals surface area contributed by atoms with Gasteiger partial charge in [0.2, 0.25) is 6.79 Å². The zero-order valence-corrected chi connectivity index (χ0v) is 9.55. The van der Waals surface area contributed by atoms with E-state index in [1.54, 1.807) is 6.08 Å². The third-order valence-electron chi connectivity index (χ3n) is 2.63. The monoisotopic (exact) mass is 243 g/mol. The van der Waals surface area contributed by atoms with Crippen molar-refractivity contribution in [2.75, 3.05) is 6.79 Å². The molecule has 4 nitrogen and oxygen atoms in total. The smallest absolute Gasteiger partial charge is 0.341 e. The van der Waals surface area contributed by atoms with E-state index in [1.165, 1.54) is 0 Å². The standard InChI is InChI=1S/C14H10O4/c15-13-11(6-7-12-14(13)18-9-17-12)16-8-10-4-2-1-3-5-10/h1-6H,8-9H2/p+1. The second kappa shape index (κ2) is 4.43. The van der Waals surface area contributed by atoms with E-state index in [9.17, 15) is 5.11 Å². The SMILES string of the molecule is OC1=C(OCc2ccccc2)C=[C+]C2=C1OCO2. The molecule has 1 aromatic carbocycles. The minimum absolute atomic E-state index is 0.0443. The first-order valence-corrected chi connectivity index (χ1v) is 5.54. The molecule has 4 heteroatoms. The van der Waals surface area contributed by atoms with Gasteiger partial charge in [0.05, 0.1) is 6.08 Å². The molecule has 18 heavy (non-hydrogen) atoms. The first-order valence-electron chi connectivity index (χ1n) is 5.54. The van der Waals surface area contributed by atoms with E-state index < -0.39 is 0 Å². The van der Waals surface area contributed by atoms with Crippen LogP contribution in [0.4, 0.5) is 0 Å². The number of aliphatic hydroxyl groups is 1. The molecule has 0 amide bonds. The van der Waals surface area contributed by atoms with Crippen molar-refractivity contribution in [1.82, 2.24) is 0 Å². The summed E-state index contributed by atoms with van der Waals surface area (Å²) < 4.78 is 15.8. The van der Waals surface area contributed by atoms with Gasteiger partial charge in [-0.3, -0.25) is 0 Å². The Kier molecular flexibility index (Phi) is 2.63. The van der Waals surface area contributed by atoms with Crippen LogP contribution in [0.15, 0.2) is 59.4 Å². The largest absolute Gasteiger partial charge is 0.482 e. The van der Waals surface area contributed by atoms with Gasteiger partial charge in [0.15, 0.2) is 6.08 Å². The summed E-state index contributed by atoms with van der Waals surface area (Å²) in [6.07, 6.45) is 4.41. The molecule has 0 fully saturated rings. The van der Waals surface area contributed by atoms with Crippen molar-refractivity contribution in [3.8, 4) is 0 Å². The number of rotatable bonds is 3. The van der Waals surface area contributed by atoms with Gasteiger partial charge < -0.3 is 19.3 Å². The molecular formula is C14H11O4+. The topological polar surface area (TPSA) is 47.9 Å². The summed E-state index contributed by atoms with van der Waals surface area (Å²) >= 11 is 0. The summed E-state index contributed by atoms with van der Waals surface area (Å²) in [5, 5.41) is 9.94. The summed E-state index contributed by atoms with van der Waals surface area (Å²) in [6, 6.07) is 9.71. The maximum Gasteiger partial charge on any atom is 0.341 e. The zero-order chi connectivity index (χ0) is 12.4. The van der Waals surface area contributed by atoms with Crippen molar-refractivity contribution in [3.05, 3.63) is 71.1 Å². The molecule has 1 aromatic rings. The van der Waals surface area contributed by atoms with Crippen molar-refractivity contribution in [3.63, 3.8) is 0 Å². The fraction of sp³-hybridized carbons (Fsp3) is 0.143. The molecule has 0 atom stereocenters. The highest BCUT2D eigenvalue weighted by Gasteiger charge is 2.36. The molecular weight excluding hydrogens is 232 g/mol. The van der Waals surface area contributed by atoms with E-state index in [4.69, 9.17) is 14.2 Å². The quantitative estimate of drug-likeness (QED) is 0.829. The summed E-state index contributed by atoms with van der Waals surface area (Å²) in [7, 11) is 0. The molecule has 0 spiro atoms. The van der Waals surface area contributed by atoms with E-state index in [0.717, 1.165) is 5.56 Å². The van der Waals surface area contributed by atoms with E-state index in [2.05, 4.69) is 6.08 Å². The Morgan fingerprint density at radius 3 is 2.89 bits per heavy atom. The van der Waals surface area contributed by atoms with Crippen LogP contribution in [0.1, 0.15) is 5.56 Å². The van der Waals surface area contributed by atoms with Crippen LogP contribution < -0.4 is 0 Å². The summed E-state index contributed by atoms with van der Waals surface area (Å²) in [6.45, 7) is 0.476. The van der Waals surface area contributed by atoms with Crippen molar-refractivity contribution >= 4 is 0 Å². The van der Waals surface area contributed by atoms with Crippen LogP contribution in [-0.4, -0.2) is 11.9 Å². The molecule has 0 saturated heterocycles. The van der Waals surface area contributed by atoms with Gasteiger partial charge >= 0.3 is 17.3 Å².